The minimum Gasteiger partial charge on any atom is -0.495 e. The van der Waals surface area contributed by atoms with Crippen molar-refractivity contribution in [2.45, 2.75) is 16.6 Å². The monoisotopic (exact) mass is 656 g/mol. The number of nitrogens with one attached hydrogen (secondary N) is 2. The summed E-state index contributed by atoms with van der Waals surface area (Å²) in [6.45, 7) is 0. The first-order chi connectivity index (χ1) is 22.1. The van der Waals surface area contributed by atoms with Crippen molar-refractivity contribution in [3.63, 3.8) is 0 Å². The van der Waals surface area contributed by atoms with Crippen LogP contribution in [0.1, 0.15) is 22.3 Å². The van der Waals surface area contributed by atoms with Gasteiger partial charge in [-0.2, -0.15) is 0 Å². The van der Waals surface area contributed by atoms with Crippen LogP contribution in [0, 0.1) is 10.1 Å². The van der Waals surface area contributed by atoms with E-state index < -0.39 is 27.9 Å². The number of nitro groups is 1. The van der Waals surface area contributed by atoms with Crippen molar-refractivity contribution in [2.75, 3.05) is 17.3 Å². The van der Waals surface area contributed by atoms with Crippen LogP contribution in [0.4, 0.5) is 17.1 Å². The molecule has 1 fully saturated rings. The quantitative estimate of drug-likeness (QED) is 0.0902. The van der Waals surface area contributed by atoms with Crippen molar-refractivity contribution in [1.82, 2.24) is 5.32 Å². The van der Waals surface area contributed by atoms with Gasteiger partial charge in [-0.25, -0.2) is 4.90 Å². The predicted octanol–water partition coefficient (Wildman–Crippen LogP) is 6.09. The summed E-state index contributed by atoms with van der Waals surface area (Å²) in [4.78, 5) is 64.7. The molecule has 1 heterocycles. The Kier molecular flexibility index (Phi) is 9.79. The SMILES string of the molecule is COc1ccc(N2C(=O)C[C@@H](Sc3cccc(NC(=O)/C(=C/c4ccc([N+](=O)[O-])cc4)NC(=O)c4ccccc4)c3)C2=O)cc1Cl. The molecule has 4 aromatic rings. The summed E-state index contributed by atoms with van der Waals surface area (Å²) < 4.78 is 5.15. The van der Waals surface area contributed by atoms with Gasteiger partial charge in [-0.1, -0.05) is 35.9 Å². The highest BCUT2D eigenvalue weighted by molar-refractivity contribution is 8.00. The number of rotatable bonds is 10. The number of ether oxygens (including phenoxy) is 1. The van der Waals surface area contributed by atoms with E-state index >= 15 is 0 Å². The van der Waals surface area contributed by atoms with E-state index in [-0.39, 0.29) is 28.7 Å². The Bertz CT molecular complexity index is 1870. The molecule has 0 bridgehead atoms. The maximum absolute atomic E-state index is 13.4. The Labute approximate surface area is 272 Å². The lowest BCUT2D eigenvalue weighted by molar-refractivity contribution is -0.384. The zero-order chi connectivity index (χ0) is 32.8. The molecule has 46 heavy (non-hydrogen) atoms. The number of hydrogen-bond donors (Lipinski definition) is 2. The van der Waals surface area contributed by atoms with Crippen molar-refractivity contribution >= 4 is 70.1 Å². The maximum Gasteiger partial charge on any atom is 0.272 e. The third-order valence-electron chi connectivity index (χ3n) is 6.81. The Balaban J connectivity index is 1.33. The van der Waals surface area contributed by atoms with E-state index in [1.165, 1.54) is 55.3 Å². The van der Waals surface area contributed by atoms with E-state index in [0.717, 1.165) is 4.90 Å². The number of nitro benzene ring substituents is 1. The fraction of sp³-hybridized carbons (Fsp3) is 0.0909. The molecule has 0 spiro atoms. The van der Waals surface area contributed by atoms with Gasteiger partial charge in [0.15, 0.2) is 0 Å². The van der Waals surface area contributed by atoms with E-state index in [1.807, 2.05) is 0 Å². The van der Waals surface area contributed by atoms with Crippen LogP contribution in [0.15, 0.2) is 108 Å². The summed E-state index contributed by atoms with van der Waals surface area (Å²) in [6, 6.07) is 25.2. The van der Waals surface area contributed by atoms with E-state index in [9.17, 15) is 29.3 Å². The highest BCUT2D eigenvalue weighted by Crippen LogP contribution is 2.37. The molecule has 232 valence electrons. The predicted molar refractivity (Wildman–Crippen MR) is 175 cm³/mol. The van der Waals surface area contributed by atoms with Gasteiger partial charge in [-0.15, -0.1) is 11.8 Å². The molecule has 0 saturated carbocycles. The first-order valence-corrected chi connectivity index (χ1v) is 15.0. The molecule has 4 aromatic carbocycles. The Morgan fingerprint density at radius 1 is 1.00 bits per heavy atom. The van der Waals surface area contributed by atoms with Gasteiger partial charge in [-0.05, 0) is 72.3 Å². The van der Waals surface area contributed by atoms with Crippen molar-refractivity contribution < 1.29 is 28.8 Å². The van der Waals surface area contributed by atoms with Gasteiger partial charge in [0.1, 0.15) is 11.4 Å². The summed E-state index contributed by atoms with van der Waals surface area (Å²) in [7, 11) is 1.47. The largest absolute Gasteiger partial charge is 0.495 e. The van der Waals surface area contributed by atoms with E-state index in [2.05, 4.69) is 10.6 Å². The van der Waals surface area contributed by atoms with Crippen molar-refractivity contribution in [3.8, 4) is 5.75 Å². The first-order valence-electron chi connectivity index (χ1n) is 13.7. The van der Waals surface area contributed by atoms with Gasteiger partial charge in [0, 0.05) is 34.7 Å². The summed E-state index contributed by atoms with van der Waals surface area (Å²) in [6.07, 6.45) is 1.37. The molecule has 1 aliphatic heterocycles. The molecule has 0 aromatic heterocycles. The summed E-state index contributed by atoms with van der Waals surface area (Å²) in [5.41, 5.74) is 1.25. The second kappa shape index (κ2) is 14.1. The van der Waals surface area contributed by atoms with Crippen molar-refractivity contribution in [1.29, 1.82) is 0 Å². The number of carbonyl (C=O) groups excluding carboxylic acids is 4. The number of amides is 4. The Morgan fingerprint density at radius 2 is 1.74 bits per heavy atom. The average molecular weight is 657 g/mol. The lowest BCUT2D eigenvalue weighted by Crippen LogP contribution is -2.31. The number of non-ortho nitro benzene ring substituents is 1. The molecular weight excluding hydrogens is 632 g/mol. The fourth-order valence-electron chi connectivity index (χ4n) is 4.57. The zero-order valence-corrected chi connectivity index (χ0v) is 25.7. The molecule has 5 rings (SSSR count). The second-order valence-corrected chi connectivity index (χ2v) is 11.6. The number of hydrogen-bond acceptors (Lipinski definition) is 8. The molecule has 0 aliphatic carbocycles. The van der Waals surface area contributed by atoms with Crippen LogP contribution in [0.5, 0.6) is 5.75 Å². The molecule has 4 amide bonds. The van der Waals surface area contributed by atoms with Crippen LogP contribution in [0.2, 0.25) is 5.02 Å². The summed E-state index contributed by atoms with van der Waals surface area (Å²) in [5.74, 6) is -1.54. The number of imide groups is 1. The standard InChI is InChI=1S/C33H25ClN4O7S/c1-45-28-15-14-24(18-26(28)34)37-30(39)19-29(33(37)42)46-25-9-5-8-22(17-25)35-32(41)27(36-31(40)21-6-3-2-4-7-21)16-20-10-12-23(13-11-20)38(43)44/h2-18,29H,19H2,1H3,(H,35,41)(H,36,40)/b27-16-/t29-/m1/s1. The summed E-state index contributed by atoms with van der Waals surface area (Å²) >= 11 is 7.38. The summed E-state index contributed by atoms with van der Waals surface area (Å²) in [5, 5.41) is 16.0. The molecule has 11 nitrogen and oxygen atoms in total. The van der Waals surface area contributed by atoms with Gasteiger partial charge < -0.3 is 15.4 Å². The van der Waals surface area contributed by atoms with E-state index in [1.54, 1.807) is 66.7 Å². The van der Waals surface area contributed by atoms with E-state index in [0.29, 0.717) is 33.1 Å². The highest BCUT2D eigenvalue weighted by atomic mass is 35.5. The molecule has 0 radical (unpaired) electrons. The van der Waals surface area contributed by atoms with Crippen molar-refractivity contribution in [3.05, 3.63) is 129 Å². The fourth-order valence-corrected chi connectivity index (χ4v) is 5.94. The van der Waals surface area contributed by atoms with Gasteiger partial charge in [-0.3, -0.25) is 29.3 Å². The minimum absolute atomic E-state index is 0.0304. The van der Waals surface area contributed by atoms with Crippen LogP contribution >= 0.6 is 23.4 Å². The molecule has 1 saturated heterocycles. The van der Waals surface area contributed by atoms with Gasteiger partial charge in [0.25, 0.3) is 17.5 Å². The van der Waals surface area contributed by atoms with Crippen molar-refractivity contribution in [2.24, 2.45) is 0 Å². The zero-order valence-electron chi connectivity index (χ0n) is 24.1. The second-order valence-electron chi connectivity index (χ2n) is 9.91. The van der Waals surface area contributed by atoms with Gasteiger partial charge >= 0.3 is 0 Å². The molecule has 0 unspecified atom stereocenters. The number of anilines is 2. The molecule has 1 atom stereocenters. The number of thioether (sulfide) groups is 1. The average Bonchev–Trinajstić information content (AvgIpc) is 3.33. The highest BCUT2D eigenvalue weighted by Gasteiger charge is 2.40. The molecule has 2 N–H and O–H groups in total. The Hall–Kier alpha value is -5.46. The smallest absolute Gasteiger partial charge is 0.272 e. The van der Waals surface area contributed by atoms with Crippen LogP contribution in [-0.2, 0) is 14.4 Å². The van der Waals surface area contributed by atoms with Crippen LogP contribution in [-0.4, -0.2) is 40.9 Å². The normalized spacial score (nSPS) is 14.6. The number of methoxy groups -OCH3 is 1. The Morgan fingerprint density at radius 3 is 2.41 bits per heavy atom. The molecule has 1 aliphatic rings. The van der Waals surface area contributed by atoms with E-state index in [4.69, 9.17) is 16.3 Å². The van der Waals surface area contributed by atoms with Crippen LogP contribution in [0.3, 0.4) is 0 Å². The third kappa shape index (κ3) is 7.42. The molecule has 13 heteroatoms. The van der Waals surface area contributed by atoms with Gasteiger partial charge in [0.05, 0.1) is 28.0 Å². The molecular formula is C33H25ClN4O7S. The van der Waals surface area contributed by atoms with Gasteiger partial charge in [0.2, 0.25) is 11.8 Å². The maximum atomic E-state index is 13.4. The number of benzene rings is 4. The van der Waals surface area contributed by atoms with Crippen LogP contribution < -0.4 is 20.3 Å². The lowest BCUT2D eigenvalue weighted by Gasteiger charge is -2.16. The lowest BCUT2D eigenvalue weighted by atomic mass is 10.1. The topological polar surface area (TPSA) is 148 Å². The first kappa shape index (κ1) is 31.9. The number of carbonyl (C=O) groups is 4. The third-order valence-corrected chi connectivity index (χ3v) is 8.29. The minimum atomic E-state index is -0.706. The number of nitrogens with zero attached hydrogens (tertiary/aromatic N) is 2. The number of halogens is 1. The van der Waals surface area contributed by atoms with Crippen LogP contribution in [0.25, 0.3) is 6.08 Å².